The van der Waals surface area contributed by atoms with Gasteiger partial charge >= 0.3 is 0 Å². The molecule has 4 aromatic carbocycles. The minimum atomic E-state index is -1.19. The van der Waals surface area contributed by atoms with Crippen LogP contribution in [0, 0.1) is 5.92 Å². The monoisotopic (exact) mass is 576 g/mol. The van der Waals surface area contributed by atoms with Crippen LogP contribution in [0.1, 0.15) is 63.3 Å². The van der Waals surface area contributed by atoms with Crippen LogP contribution in [0.5, 0.6) is 5.75 Å². The molecule has 5 nitrogen and oxygen atoms in total. The van der Waals surface area contributed by atoms with Gasteiger partial charge in [-0.25, -0.2) is 0 Å². The van der Waals surface area contributed by atoms with Crippen LogP contribution < -0.4 is 10.6 Å². The van der Waals surface area contributed by atoms with Crippen LogP contribution in [-0.4, -0.2) is 34.4 Å². The summed E-state index contributed by atoms with van der Waals surface area (Å²) < 4.78 is 0. The lowest BCUT2D eigenvalue weighted by atomic mass is 9.64. The van der Waals surface area contributed by atoms with Crippen molar-refractivity contribution in [3.63, 3.8) is 0 Å². The van der Waals surface area contributed by atoms with Crippen LogP contribution in [0.25, 0.3) is 0 Å². The van der Waals surface area contributed by atoms with Gasteiger partial charge in [0.2, 0.25) is 5.91 Å². The second kappa shape index (κ2) is 13.8. The molecule has 0 aromatic heterocycles. The Bertz CT molecular complexity index is 1360. The standard InChI is InChI=1S/C38H44N2O3/c1-27(2)25-34(40-37(3,4)5)36(43)39-33(26-28-21-23-32(41)24-22-28)35(42)38(29-15-9-6-10-16-29,30-17-11-7-12-18-30)31-19-13-8-14-20-31/h6-24,27,33-34,40-41H,25-26H2,1-5H3,(H,39,43)/t33-,34-/m0/s1. The molecular weight excluding hydrogens is 532 g/mol. The lowest BCUT2D eigenvalue weighted by Gasteiger charge is -2.38. The highest BCUT2D eigenvalue weighted by atomic mass is 16.3. The summed E-state index contributed by atoms with van der Waals surface area (Å²) in [5, 5.41) is 16.6. The molecule has 0 spiro atoms. The molecule has 224 valence electrons. The molecule has 0 saturated heterocycles. The van der Waals surface area contributed by atoms with Crippen molar-refractivity contribution >= 4 is 11.7 Å². The Morgan fingerprint density at radius 2 is 1.12 bits per heavy atom. The molecule has 0 bridgehead atoms. The van der Waals surface area contributed by atoms with Gasteiger partial charge in [-0.2, -0.15) is 0 Å². The van der Waals surface area contributed by atoms with Crippen molar-refractivity contribution in [3.05, 3.63) is 138 Å². The average molecular weight is 577 g/mol. The summed E-state index contributed by atoms with van der Waals surface area (Å²) in [6.45, 7) is 10.3. The number of benzene rings is 4. The molecule has 43 heavy (non-hydrogen) atoms. The van der Waals surface area contributed by atoms with E-state index in [-0.39, 0.29) is 35.3 Å². The first-order chi connectivity index (χ1) is 20.5. The Hall–Kier alpha value is -4.22. The Balaban J connectivity index is 1.90. The second-order valence-corrected chi connectivity index (χ2v) is 12.7. The van der Waals surface area contributed by atoms with Gasteiger partial charge in [-0.1, -0.05) is 117 Å². The SMILES string of the molecule is CC(C)C[C@H](NC(C)(C)C)C(=O)N[C@@H](Cc1ccc(O)cc1)C(=O)C(c1ccccc1)(c1ccccc1)c1ccccc1. The Kier molecular flexibility index (Phi) is 10.2. The number of rotatable bonds is 12. The largest absolute Gasteiger partial charge is 0.508 e. The van der Waals surface area contributed by atoms with Crippen molar-refractivity contribution in [2.24, 2.45) is 5.92 Å². The quantitative estimate of drug-likeness (QED) is 0.162. The number of aromatic hydroxyl groups is 1. The van der Waals surface area contributed by atoms with Crippen molar-refractivity contribution in [2.45, 2.75) is 70.5 Å². The summed E-state index contributed by atoms with van der Waals surface area (Å²) >= 11 is 0. The molecule has 1 amide bonds. The minimum Gasteiger partial charge on any atom is -0.508 e. The first-order valence-corrected chi connectivity index (χ1v) is 15.1. The van der Waals surface area contributed by atoms with Crippen LogP contribution in [0.2, 0.25) is 0 Å². The molecule has 2 atom stereocenters. The summed E-state index contributed by atoms with van der Waals surface area (Å²) in [6, 6.07) is 34.9. The number of amides is 1. The molecule has 0 aliphatic carbocycles. The molecule has 0 fully saturated rings. The van der Waals surface area contributed by atoms with Gasteiger partial charge in [-0.3, -0.25) is 9.59 Å². The van der Waals surface area contributed by atoms with Gasteiger partial charge in [-0.05, 0) is 73.9 Å². The molecule has 0 saturated carbocycles. The van der Waals surface area contributed by atoms with Crippen molar-refractivity contribution in [3.8, 4) is 5.75 Å². The van der Waals surface area contributed by atoms with Gasteiger partial charge in [0, 0.05) is 5.54 Å². The molecule has 0 radical (unpaired) electrons. The Labute approximate surface area is 256 Å². The van der Waals surface area contributed by atoms with E-state index in [1.54, 1.807) is 24.3 Å². The van der Waals surface area contributed by atoms with Gasteiger partial charge in [-0.15, -0.1) is 0 Å². The fraction of sp³-hybridized carbons (Fsp3) is 0.316. The second-order valence-electron chi connectivity index (χ2n) is 12.7. The Morgan fingerprint density at radius 3 is 1.51 bits per heavy atom. The molecule has 4 aromatic rings. The zero-order valence-corrected chi connectivity index (χ0v) is 25.9. The summed E-state index contributed by atoms with van der Waals surface area (Å²) in [5.74, 6) is 0.0866. The molecule has 3 N–H and O–H groups in total. The van der Waals surface area contributed by atoms with Crippen molar-refractivity contribution < 1.29 is 14.7 Å². The molecule has 0 heterocycles. The van der Waals surface area contributed by atoms with Gasteiger partial charge < -0.3 is 15.7 Å². The molecule has 5 heteroatoms. The van der Waals surface area contributed by atoms with E-state index < -0.39 is 17.5 Å². The average Bonchev–Trinajstić information content (AvgIpc) is 2.98. The van der Waals surface area contributed by atoms with E-state index in [1.807, 2.05) is 112 Å². The van der Waals surface area contributed by atoms with Gasteiger partial charge in [0.15, 0.2) is 5.78 Å². The van der Waals surface area contributed by atoms with Gasteiger partial charge in [0.1, 0.15) is 11.2 Å². The third kappa shape index (κ3) is 7.79. The van der Waals surface area contributed by atoms with Crippen LogP contribution in [-0.2, 0) is 21.4 Å². The number of carbonyl (C=O) groups is 2. The van der Waals surface area contributed by atoms with E-state index >= 15 is 4.79 Å². The number of phenolic OH excluding ortho intramolecular Hbond substituents is 1. The van der Waals surface area contributed by atoms with E-state index in [9.17, 15) is 9.90 Å². The number of hydrogen-bond donors (Lipinski definition) is 3. The van der Waals surface area contributed by atoms with E-state index in [2.05, 4.69) is 24.5 Å². The van der Waals surface area contributed by atoms with Crippen molar-refractivity contribution in [1.29, 1.82) is 0 Å². The van der Waals surface area contributed by atoms with Crippen LogP contribution >= 0.6 is 0 Å². The van der Waals surface area contributed by atoms with Crippen LogP contribution in [0.15, 0.2) is 115 Å². The minimum absolute atomic E-state index is 0.128. The number of carbonyl (C=O) groups excluding carboxylic acids is 2. The zero-order valence-electron chi connectivity index (χ0n) is 25.9. The highest BCUT2D eigenvalue weighted by Gasteiger charge is 2.47. The smallest absolute Gasteiger partial charge is 0.237 e. The molecule has 0 unspecified atom stereocenters. The predicted molar refractivity (Wildman–Crippen MR) is 174 cm³/mol. The lowest BCUT2D eigenvalue weighted by Crippen LogP contribution is -2.58. The maximum atomic E-state index is 15.4. The van der Waals surface area contributed by atoms with Gasteiger partial charge in [0.05, 0.1) is 12.1 Å². The predicted octanol–water partition coefficient (Wildman–Crippen LogP) is 6.83. The molecular formula is C38H44N2O3. The van der Waals surface area contributed by atoms with Crippen LogP contribution in [0.3, 0.4) is 0 Å². The molecule has 4 rings (SSSR count). The highest BCUT2D eigenvalue weighted by Crippen LogP contribution is 2.41. The summed E-state index contributed by atoms with van der Waals surface area (Å²) in [7, 11) is 0. The number of ketones is 1. The number of phenols is 1. The zero-order chi connectivity index (χ0) is 31.0. The van der Waals surface area contributed by atoms with E-state index in [4.69, 9.17) is 0 Å². The molecule has 0 aliphatic heterocycles. The normalized spacial score (nSPS) is 13.3. The summed E-state index contributed by atoms with van der Waals surface area (Å²) in [6.07, 6.45) is 0.896. The Morgan fingerprint density at radius 1 is 0.674 bits per heavy atom. The maximum Gasteiger partial charge on any atom is 0.237 e. The molecule has 0 aliphatic rings. The number of nitrogens with one attached hydrogen (secondary N) is 2. The number of hydrogen-bond acceptors (Lipinski definition) is 4. The topological polar surface area (TPSA) is 78.4 Å². The maximum absolute atomic E-state index is 15.4. The fourth-order valence-corrected chi connectivity index (χ4v) is 5.83. The fourth-order valence-electron chi connectivity index (χ4n) is 5.83. The van der Waals surface area contributed by atoms with E-state index in [0.29, 0.717) is 6.42 Å². The third-order valence-corrected chi connectivity index (χ3v) is 7.63. The van der Waals surface area contributed by atoms with E-state index in [0.717, 1.165) is 22.3 Å². The summed E-state index contributed by atoms with van der Waals surface area (Å²) in [5.41, 5.74) is 1.83. The first-order valence-electron chi connectivity index (χ1n) is 15.1. The number of Topliss-reactive ketones (excluding diaryl/α,β-unsaturated/α-hetero) is 1. The van der Waals surface area contributed by atoms with Gasteiger partial charge in [0.25, 0.3) is 0 Å². The van der Waals surface area contributed by atoms with Crippen LogP contribution in [0.4, 0.5) is 0 Å². The van der Waals surface area contributed by atoms with E-state index in [1.165, 1.54) is 0 Å². The third-order valence-electron chi connectivity index (χ3n) is 7.63. The van der Waals surface area contributed by atoms with Crippen molar-refractivity contribution in [2.75, 3.05) is 0 Å². The van der Waals surface area contributed by atoms with Crippen molar-refractivity contribution in [1.82, 2.24) is 10.6 Å². The highest BCUT2D eigenvalue weighted by molar-refractivity contribution is 6.03. The first kappa shape index (κ1) is 31.7. The summed E-state index contributed by atoms with van der Waals surface area (Å²) in [4.78, 5) is 29.5. The lowest BCUT2D eigenvalue weighted by molar-refractivity contribution is -0.131.